The summed E-state index contributed by atoms with van der Waals surface area (Å²) in [7, 11) is 1.68. The number of ether oxygens (including phenoxy) is 1. The molecule has 0 radical (unpaired) electrons. The molecule has 4 nitrogen and oxygen atoms in total. The Morgan fingerprint density at radius 2 is 1.48 bits per heavy atom. The number of fused-ring (bicyclic) bond motifs is 1. The smallest absolute Gasteiger partial charge is 0.137 e. The van der Waals surface area contributed by atoms with E-state index in [-0.39, 0.29) is 0 Å². The van der Waals surface area contributed by atoms with Crippen molar-refractivity contribution >= 4 is 5.65 Å². The Labute approximate surface area is 169 Å². The maximum absolute atomic E-state index is 5.28. The van der Waals surface area contributed by atoms with Gasteiger partial charge in [0.2, 0.25) is 0 Å². The van der Waals surface area contributed by atoms with Crippen molar-refractivity contribution in [1.29, 1.82) is 0 Å². The molecule has 0 N–H and O–H groups in total. The number of aromatic nitrogens is 3. The predicted octanol–water partition coefficient (Wildman–Crippen LogP) is 5.74. The first-order chi connectivity index (χ1) is 14.3. The fraction of sp³-hybridized carbons (Fsp3) is 0.0400. The van der Waals surface area contributed by atoms with Crippen molar-refractivity contribution in [2.45, 2.75) is 0 Å². The van der Waals surface area contributed by atoms with Gasteiger partial charge in [-0.25, -0.2) is 4.98 Å². The van der Waals surface area contributed by atoms with Crippen molar-refractivity contribution in [3.05, 3.63) is 97.5 Å². The van der Waals surface area contributed by atoms with Crippen molar-refractivity contribution in [3.8, 4) is 39.4 Å². The number of hydrogen-bond acceptors (Lipinski definition) is 3. The maximum Gasteiger partial charge on any atom is 0.137 e. The summed E-state index contributed by atoms with van der Waals surface area (Å²) in [6, 6.07) is 26.6. The highest BCUT2D eigenvalue weighted by Crippen LogP contribution is 2.34. The van der Waals surface area contributed by atoms with Crippen LogP contribution in [0.15, 0.2) is 97.5 Å². The molecule has 2 aromatic carbocycles. The van der Waals surface area contributed by atoms with Crippen LogP contribution in [0.25, 0.3) is 39.3 Å². The van der Waals surface area contributed by atoms with Gasteiger partial charge in [-0.3, -0.25) is 9.38 Å². The first-order valence-electron chi connectivity index (χ1n) is 9.46. The minimum atomic E-state index is 0.847. The van der Waals surface area contributed by atoms with Crippen molar-refractivity contribution in [3.63, 3.8) is 0 Å². The zero-order valence-electron chi connectivity index (χ0n) is 16.0. The van der Waals surface area contributed by atoms with Crippen LogP contribution in [0.3, 0.4) is 0 Å². The van der Waals surface area contributed by atoms with E-state index in [0.29, 0.717) is 0 Å². The molecule has 3 aromatic heterocycles. The van der Waals surface area contributed by atoms with Crippen LogP contribution >= 0.6 is 0 Å². The van der Waals surface area contributed by atoms with Gasteiger partial charge in [0.05, 0.1) is 18.5 Å². The molecular weight excluding hydrogens is 358 g/mol. The van der Waals surface area contributed by atoms with Gasteiger partial charge in [0.1, 0.15) is 11.4 Å². The normalized spacial score (nSPS) is 10.9. The van der Waals surface area contributed by atoms with E-state index in [1.165, 1.54) is 0 Å². The van der Waals surface area contributed by atoms with E-state index in [1.54, 1.807) is 13.3 Å². The van der Waals surface area contributed by atoms with Gasteiger partial charge in [-0.1, -0.05) is 42.5 Å². The molecule has 0 atom stereocenters. The second-order valence-corrected chi connectivity index (χ2v) is 6.79. The van der Waals surface area contributed by atoms with Crippen LogP contribution in [0.4, 0.5) is 0 Å². The number of hydrogen-bond donors (Lipinski definition) is 0. The lowest BCUT2D eigenvalue weighted by Gasteiger charge is -2.08. The van der Waals surface area contributed by atoms with Gasteiger partial charge in [0, 0.05) is 29.7 Å². The molecule has 0 aliphatic carbocycles. The molecule has 3 heterocycles. The fourth-order valence-electron chi connectivity index (χ4n) is 3.57. The molecule has 0 aliphatic heterocycles. The van der Waals surface area contributed by atoms with E-state index < -0.39 is 0 Å². The number of benzene rings is 2. The summed E-state index contributed by atoms with van der Waals surface area (Å²) in [5, 5.41) is 0. The summed E-state index contributed by atoms with van der Waals surface area (Å²) in [6.07, 6.45) is 5.81. The van der Waals surface area contributed by atoms with Crippen molar-refractivity contribution < 1.29 is 4.74 Å². The van der Waals surface area contributed by atoms with E-state index >= 15 is 0 Å². The van der Waals surface area contributed by atoms with E-state index in [2.05, 4.69) is 58.0 Å². The molecule has 0 fully saturated rings. The molecule has 29 heavy (non-hydrogen) atoms. The van der Waals surface area contributed by atoms with Gasteiger partial charge in [0.25, 0.3) is 0 Å². The summed E-state index contributed by atoms with van der Waals surface area (Å²) >= 11 is 0. The zero-order chi connectivity index (χ0) is 19.6. The Bertz CT molecular complexity index is 1260. The lowest BCUT2D eigenvalue weighted by atomic mass is 10.1. The van der Waals surface area contributed by atoms with Crippen LogP contribution in [-0.2, 0) is 0 Å². The number of pyridine rings is 2. The molecule has 0 bridgehead atoms. The highest BCUT2D eigenvalue weighted by molar-refractivity contribution is 5.82. The van der Waals surface area contributed by atoms with Crippen LogP contribution < -0.4 is 4.74 Å². The minimum absolute atomic E-state index is 0.847. The fourth-order valence-corrected chi connectivity index (χ4v) is 3.57. The third-order valence-corrected chi connectivity index (χ3v) is 5.02. The monoisotopic (exact) mass is 377 g/mol. The topological polar surface area (TPSA) is 39.4 Å². The third-order valence-electron chi connectivity index (χ3n) is 5.02. The van der Waals surface area contributed by atoms with E-state index in [4.69, 9.17) is 9.72 Å². The molecule has 0 amide bonds. The Hall–Kier alpha value is -3.92. The molecule has 5 aromatic rings. The molecule has 0 spiro atoms. The first-order valence-corrected chi connectivity index (χ1v) is 9.46. The van der Waals surface area contributed by atoms with Gasteiger partial charge in [-0.2, -0.15) is 0 Å². The minimum Gasteiger partial charge on any atom is -0.497 e. The van der Waals surface area contributed by atoms with Crippen LogP contribution in [0, 0.1) is 0 Å². The number of methoxy groups -OCH3 is 1. The van der Waals surface area contributed by atoms with Crippen LogP contribution in [0.1, 0.15) is 0 Å². The number of nitrogens with zero attached hydrogens (tertiary/aromatic N) is 3. The molecule has 0 unspecified atom stereocenters. The average molecular weight is 377 g/mol. The second kappa shape index (κ2) is 7.24. The molecule has 0 aliphatic rings. The van der Waals surface area contributed by atoms with Gasteiger partial charge in [-0.05, 0) is 47.5 Å². The Morgan fingerprint density at radius 1 is 0.724 bits per heavy atom. The third kappa shape index (κ3) is 3.15. The maximum atomic E-state index is 5.28. The lowest BCUT2D eigenvalue weighted by molar-refractivity contribution is 0.415. The Kier molecular flexibility index (Phi) is 4.30. The van der Waals surface area contributed by atoms with Crippen LogP contribution in [0.5, 0.6) is 5.75 Å². The van der Waals surface area contributed by atoms with Gasteiger partial charge < -0.3 is 4.74 Å². The average Bonchev–Trinajstić information content (AvgIpc) is 3.19. The second-order valence-electron chi connectivity index (χ2n) is 6.79. The number of imidazole rings is 1. The highest BCUT2D eigenvalue weighted by Gasteiger charge is 2.16. The van der Waals surface area contributed by atoms with E-state index in [0.717, 1.165) is 45.0 Å². The summed E-state index contributed by atoms with van der Waals surface area (Å²) in [5.41, 5.74) is 7.24. The van der Waals surface area contributed by atoms with Crippen molar-refractivity contribution in [1.82, 2.24) is 14.4 Å². The first kappa shape index (κ1) is 17.2. The predicted molar refractivity (Wildman–Crippen MR) is 116 cm³/mol. The van der Waals surface area contributed by atoms with Crippen molar-refractivity contribution in [2.75, 3.05) is 7.11 Å². The van der Waals surface area contributed by atoms with Crippen LogP contribution in [-0.4, -0.2) is 21.5 Å². The van der Waals surface area contributed by atoms with Crippen LogP contribution in [0.2, 0.25) is 0 Å². The van der Waals surface area contributed by atoms with Gasteiger partial charge in [-0.15, -0.1) is 0 Å². The quantitative estimate of drug-likeness (QED) is 0.401. The van der Waals surface area contributed by atoms with Gasteiger partial charge in [0.15, 0.2) is 0 Å². The molecular formula is C25H19N3O. The van der Waals surface area contributed by atoms with E-state index in [1.807, 2.05) is 42.6 Å². The lowest BCUT2D eigenvalue weighted by Crippen LogP contribution is -1.92. The van der Waals surface area contributed by atoms with E-state index in [9.17, 15) is 0 Å². The molecule has 0 saturated heterocycles. The Morgan fingerprint density at radius 3 is 2.21 bits per heavy atom. The summed E-state index contributed by atoms with van der Waals surface area (Å²) < 4.78 is 7.43. The molecule has 0 saturated carbocycles. The SMILES string of the molecule is COc1ccc(-c2ccc3nc(-c4ccccc4)c(-c4cccnc4)n3c2)cc1. The summed E-state index contributed by atoms with van der Waals surface area (Å²) in [5.74, 6) is 0.847. The molecule has 140 valence electrons. The molecule has 4 heteroatoms. The largest absolute Gasteiger partial charge is 0.497 e. The standard InChI is InChI=1S/C25H19N3O/c1-29-22-12-9-18(10-13-22)21-11-14-23-27-24(19-6-3-2-4-7-19)25(28(23)17-21)20-8-5-15-26-16-20/h2-17H,1H3. The van der Waals surface area contributed by atoms with Crippen molar-refractivity contribution in [2.24, 2.45) is 0 Å². The highest BCUT2D eigenvalue weighted by atomic mass is 16.5. The Balaban J connectivity index is 1.74. The molecule has 5 rings (SSSR count). The zero-order valence-corrected chi connectivity index (χ0v) is 16.0. The summed E-state index contributed by atoms with van der Waals surface area (Å²) in [4.78, 5) is 9.26. The number of rotatable bonds is 4. The van der Waals surface area contributed by atoms with Gasteiger partial charge >= 0.3 is 0 Å². The summed E-state index contributed by atoms with van der Waals surface area (Å²) in [6.45, 7) is 0.